The highest BCUT2D eigenvalue weighted by molar-refractivity contribution is 6.16. The highest BCUT2D eigenvalue weighted by Crippen LogP contribution is 2.31. The van der Waals surface area contributed by atoms with Crippen molar-refractivity contribution in [2.45, 2.75) is 32.3 Å². The third-order valence-electron chi connectivity index (χ3n) is 5.64. The topological polar surface area (TPSA) is 82.6 Å². The zero-order valence-corrected chi connectivity index (χ0v) is 19.4. The molecule has 9 heteroatoms. The molecule has 0 saturated heterocycles. The zero-order valence-electron chi connectivity index (χ0n) is 19.4. The van der Waals surface area contributed by atoms with E-state index in [2.05, 4.69) is 15.3 Å². The van der Waals surface area contributed by atoms with Crippen molar-refractivity contribution in [1.29, 1.82) is 0 Å². The van der Waals surface area contributed by atoms with Gasteiger partial charge in [0.25, 0.3) is 0 Å². The molecular weight excluding hydrogens is 456 g/mol. The monoisotopic (exact) mass is 481 g/mol. The molecule has 3 aromatic rings. The smallest absolute Gasteiger partial charge is 0.341 e. The number of esters is 1. The molecule has 0 amide bonds. The van der Waals surface area contributed by atoms with Crippen molar-refractivity contribution in [3.63, 3.8) is 0 Å². The average molecular weight is 481 g/mol. The van der Waals surface area contributed by atoms with Crippen molar-refractivity contribution in [3.05, 3.63) is 82.7 Å². The Bertz CT molecular complexity index is 1260. The summed E-state index contributed by atoms with van der Waals surface area (Å²) in [7, 11) is 2.75. The van der Waals surface area contributed by atoms with E-state index in [-0.39, 0.29) is 23.8 Å². The summed E-state index contributed by atoms with van der Waals surface area (Å²) >= 11 is 0. The van der Waals surface area contributed by atoms with Crippen molar-refractivity contribution in [1.82, 2.24) is 9.97 Å². The van der Waals surface area contributed by atoms with Gasteiger partial charge in [-0.3, -0.25) is 0 Å². The summed E-state index contributed by atoms with van der Waals surface area (Å²) in [5.74, 6) is -1.41. The van der Waals surface area contributed by atoms with Crippen LogP contribution in [0.1, 0.15) is 35.2 Å². The molecule has 4 rings (SSSR count). The second-order valence-electron chi connectivity index (χ2n) is 7.94. The number of aryl methyl sites for hydroxylation is 1. The maximum absolute atomic E-state index is 14.2. The van der Waals surface area contributed by atoms with Gasteiger partial charge in [0, 0.05) is 11.6 Å². The van der Waals surface area contributed by atoms with E-state index in [1.54, 1.807) is 12.1 Å². The van der Waals surface area contributed by atoms with Gasteiger partial charge < -0.3 is 19.5 Å². The van der Waals surface area contributed by atoms with Gasteiger partial charge in [-0.15, -0.1) is 0 Å². The van der Waals surface area contributed by atoms with Gasteiger partial charge in [0.15, 0.2) is 0 Å². The Morgan fingerprint density at radius 2 is 1.89 bits per heavy atom. The van der Waals surface area contributed by atoms with Gasteiger partial charge in [-0.2, -0.15) is 4.98 Å². The number of ether oxygens (including phenoxy) is 3. The van der Waals surface area contributed by atoms with Crippen LogP contribution in [-0.4, -0.2) is 30.2 Å². The lowest BCUT2D eigenvalue weighted by Crippen LogP contribution is -2.14. The molecule has 182 valence electrons. The van der Waals surface area contributed by atoms with Crippen molar-refractivity contribution in [2.24, 2.45) is 0 Å². The van der Waals surface area contributed by atoms with E-state index in [4.69, 9.17) is 14.2 Å². The molecule has 1 aromatic heterocycles. The minimum absolute atomic E-state index is 0.0610. The Hall–Kier alpha value is -4.01. The summed E-state index contributed by atoms with van der Waals surface area (Å²) in [5, 5.41) is 2.83. The number of halogens is 2. The van der Waals surface area contributed by atoms with Gasteiger partial charge >= 0.3 is 5.97 Å². The predicted octanol–water partition coefficient (Wildman–Crippen LogP) is 5.12. The Balaban J connectivity index is 1.64. The number of benzene rings is 2. The lowest BCUT2D eigenvalue weighted by Gasteiger charge is -2.20. The Labute approximate surface area is 201 Å². The fourth-order valence-electron chi connectivity index (χ4n) is 3.95. The van der Waals surface area contributed by atoms with Crippen LogP contribution in [0.2, 0.25) is 0 Å². The van der Waals surface area contributed by atoms with Gasteiger partial charge in [-0.25, -0.2) is 18.6 Å². The molecule has 0 unspecified atom stereocenters. The molecule has 0 spiro atoms. The number of anilines is 2. The number of nitrogens with zero attached hydrogens (tertiary/aromatic N) is 2. The summed E-state index contributed by atoms with van der Waals surface area (Å²) in [4.78, 5) is 21.3. The summed E-state index contributed by atoms with van der Waals surface area (Å²) < 4.78 is 43.6. The molecule has 0 bridgehead atoms. The number of carbonyl (C=O) groups is 1. The molecule has 0 atom stereocenters. The number of hydrogen-bond acceptors (Lipinski definition) is 7. The molecule has 1 heterocycles. The second kappa shape index (κ2) is 10.9. The molecule has 7 nitrogen and oxygen atoms in total. The lowest BCUT2D eigenvalue weighted by molar-refractivity contribution is -0.133. The average Bonchev–Trinajstić information content (AvgIpc) is 2.87. The zero-order chi connectivity index (χ0) is 24.8. The first-order valence-electron chi connectivity index (χ1n) is 11.1. The first-order chi connectivity index (χ1) is 17.0. The number of nitrogens with one attached hydrogen (secondary N) is 1. The summed E-state index contributed by atoms with van der Waals surface area (Å²) in [5.41, 5.74) is 3.38. The molecule has 0 radical (unpaired) electrons. The fourth-order valence-corrected chi connectivity index (χ4v) is 3.95. The molecule has 1 aliphatic carbocycles. The SMILES string of the molecule is CO/C=C(/C(=O)OC)c1ccccc1COc1nc(Nc2ccc(F)cc2F)nc2c1CCCC2. The van der Waals surface area contributed by atoms with E-state index in [0.29, 0.717) is 11.4 Å². The molecular formula is C26H25F2N3O4. The van der Waals surface area contributed by atoms with E-state index in [0.717, 1.165) is 54.6 Å². The van der Waals surface area contributed by atoms with E-state index >= 15 is 0 Å². The first kappa shape index (κ1) is 24.1. The Kier molecular flexibility index (Phi) is 7.54. The minimum Gasteiger partial charge on any atom is -0.503 e. The largest absolute Gasteiger partial charge is 0.503 e. The summed E-state index contributed by atoms with van der Waals surface area (Å²) in [6.45, 7) is 0.113. The third kappa shape index (κ3) is 5.56. The fraction of sp³-hybridized carbons (Fsp3) is 0.269. The van der Waals surface area contributed by atoms with Crippen LogP contribution >= 0.6 is 0 Å². The molecule has 0 aliphatic heterocycles. The van der Waals surface area contributed by atoms with Crippen molar-refractivity contribution in [3.8, 4) is 5.88 Å². The molecule has 1 N–H and O–H groups in total. The third-order valence-corrected chi connectivity index (χ3v) is 5.64. The second-order valence-corrected chi connectivity index (χ2v) is 7.94. The number of hydrogen-bond donors (Lipinski definition) is 1. The Morgan fingerprint density at radius 1 is 1.09 bits per heavy atom. The van der Waals surface area contributed by atoms with E-state index in [1.165, 1.54) is 26.5 Å². The standard InChI is InChI=1S/C26H25F2N3O4/c1-33-15-20(25(32)34-2)18-8-4-3-7-16(18)14-35-24-19-9-5-6-10-22(19)29-26(31-24)30-23-12-11-17(27)13-21(23)28/h3-4,7-8,11-13,15H,5-6,9-10,14H2,1-2H3,(H,29,30,31)/b20-15+. The van der Waals surface area contributed by atoms with E-state index < -0.39 is 17.6 Å². The van der Waals surface area contributed by atoms with Crippen molar-refractivity contribution in [2.75, 3.05) is 19.5 Å². The van der Waals surface area contributed by atoms with Gasteiger partial charge in [-0.1, -0.05) is 24.3 Å². The molecule has 2 aromatic carbocycles. The van der Waals surface area contributed by atoms with Gasteiger partial charge in [0.2, 0.25) is 11.8 Å². The number of methoxy groups -OCH3 is 2. The molecule has 0 saturated carbocycles. The maximum atomic E-state index is 14.2. The van der Waals surface area contributed by atoms with Gasteiger partial charge in [0.05, 0.1) is 31.9 Å². The molecule has 0 fully saturated rings. The lowest BCUT2D eigenvalue weighted by atomic mass is 9.97. The number of rotatable bonds is 8. The predicted molar refractivity (Wildman–Crippen MR) is 126 cm³/mol. The van der Waals surface area contributed by atoms with Crippen LogP contribution in [0.4, 0.5) is 20.4 Å². The molecule has 35 heavy (non-hydrogen) atoms. The molecule has 1 aliphatic rings. The maximum Gasteiger partial charge on any atom is 0.341 e. The quantitative estimate of drug-likeness (QED) is 0.272. The first-order valence-corrected chi connectivity index (χ1v) is 11.1. The van der Waals surface area contributed by atoms with Crippen LogP contribution in [-0.2, 0) is 33.7 Å². The van der Waals surface area contributed by atoms with Crippen LogP contribution in [0.3, 0.4) is 0 Å². The van der Waals surface area contributed by atoms with E-state index in [9.17, 15) is 13.6 Å². The summed E-state index contributed by atoms with van der Waals surface area (Å²) in [6.07, 6.45) is 4.78. The Morgan fingerprint density at radius 3 is 2.66 bits per heavy atom. The number of fused-ring (bicyclic) bond motifs is 1. The van der Waals surface area contributed by atoms with Crippen LogP contribution in [0.5, 0.6) is 5.88 Å². The van der Waals surface area contributed by atoms with Crippen LogP contribution in [0.15, 0.2) is 48.7 Å². The van der Waals surface area contributed by atoms with Crippen LogP contribution < -0.4 is 10.1 Å². The van der Waals surface area contributed by atoms with Crippen LogP contribution in [0.25, 0.3) is 5.57 Å². The van der Waals surface area contributed by atoms with Crippen molar-refractivity contribution >= 4 is 23.2 Å². The summed E-state index contributed by atoms with van der Waals surface area (Å²) in [6, 6.07) is 10.5. The van der Waals surface area contributed by atoms with Gasteiger partial charge in [-0.05, 0) is 48.9 Å². The van der Waals surface area contributed by atoms with Crippen molar-refractivity contribution < 1.29 is 27.8 Å². The minimum atomic E-state index is -0.747. The van der Waals surface area contributed by atoms with Gasteiger partial charge in [0.1, 0.15) is 23.8 Å². The van der Waals surface area contributed by atoms with Crippen LogP contribution in [0, 0.1) is 11.6 Å². The normalized spacial score (nSPS) is 13.1. The highest BCUT2D eigenvalue weighted by Gasteiger charge is 2.21. The number of aromatic nitrogens is 2. The number of carbonyl (C=O) groups excluding carboxylic acids is 1. The van der Waals surface area contributed by atoms with E-state index in [1.807, 2.05) is 12.1 Å². The highest BCUT2D eigenvalue weighted by atomic mass is 19.1.